The molecule has 0 unspecified atom stereocenters. The summed E-state index contributed by atoms with van der Waals surface area (Å²) in [6, 6.07) is 2.71. The van der Waals surface area contributed by atoms with E-state index in [1.54, 1.807) is 11.3 Å². The monoisotopic (exact) mass is 373 g/mol. The number of fused-ring (bicyclic) bond motifs is 3. The number of nitrogens with zero attached hydrogens (tertiary/aromatic N) is 2. The van der Waals surface area contributed by atoms with Crippen molar-refractivity contribution in [3.63, 3.8) is 0 Å². The van der Waals surface area contributed by atoms with Crippen LogP contribution in [-0.2, 0) is 12.8 Å². The van der Waals surface area contributed by atoms with Gasteiger partial charge in [-0.25, -0.2) is 4.98 Å². The van der Waals surface area contributed by atoms with Crippen LogP contribution in [0.2, 0.25) is 0 Å². The van der Waals surface area contributed by atoms with Gasteiger partial charge < -0.3 is 9.40 Å². The molecule has 7 nitrogen and oxygen atoms in total. The average molecular weight is 373 g/mol. The van der Waals surface area contributed by atoms with E-state index in [0.717, 1.165) is 24.8 Å². The Morgan fingerprint density at radius 1 is 1.38 bits per heavy atom. The predicted molar refractivity (Wildman–Crippen MR) is 99.6 cm³/mol. The van der Waals surface area contributed by atoms with Crippen molar-refractivity contribution in [2.45, 2.75) is 40.0 Å². The first kappa shape index (κ1) is 17.0. The van der Waals surface area contributed by atoms with Crippen LogP contribution in [0.5, 0.6) is 0 Å². The Labute approximate surface area is 153 Å². The lowest BCUT2D eigenvalue weighted by Crippen LogP contribution is -2.26. The van der Waals surface area contributed by atoms with Crippen molar-refractivity contribution in [2.24, 2.45) is 11.3 Å². The largest absolute Gasteiger partial charge is 0.433 e. The number of hydrogen-bond acceptors (Lipinski definition) is 6. The lowest BCUT2D eigenvalue weighted by molar-refractivity contribution is -0.401. The SMILES string of the molecule is CC(C)(C)[C@H]1CCc2c(sc3nc(-c4ccc([N+](=O)[O-])o4)[nH]c(=O)c23)C1. The van der Waals surface area contributed by atoms with E-state index in [9.17, 15) is 14.9 Å². The Balaban J connectivity index is 1.79. The maximum atomic E-state index is 12.7. The van der Waals surface area contributed by atoms with E-state index in [4.69, 9.17) is 4.42 Å². The molecule has 8 heteroatoms. The van der Waals surface area contributed by atoms with Gasteiger partial charge in [0.1, 0.15) is 9.75 Å². The normalized spacial score (nSPS) is 17.4. The summed E-state index contributed by atoms with van der Waals surface area (Å²) < 4.78 is 5.17. The Kier molecular flexibility index (Phi) is 3.76. The summed E-state index contributed by atoms with van der Waals surface area (Å²) in [6.07, 6.45) is 2.91. The third-order valence-electron chi connectivity index (χ3n) is 5.15. The van der Waals surface area contributed by atoms with E-state index in [1.165, 1.54) is 17.0 Å². The summed E-state index contributed by atoms with van der Waals surface area (Å²) in [4.78, 5) is 32.0. The van der Waals surface area contributed by atoms with E-state index in [0.29, 0.717) is 16.1 Å². The standard InChI is InChI=1S/C18H19N3O4S/c1-18(2,3)9-4-5-10-12(8-9)26-17-14(10)16(22)19-15(20-17)11-6-7-13(25-11)21(23)24/h6-7,9H,4-5,8H2,1-3H3,(H,19,20,22)/t9-/m0/s1. The van der Waals surface area contributed by atoms with E-state index < -0.39 is 4.92 Å². The van der Waals surface area contributed by atoms with Crippen molar-refractivity contribution >= 4 is 27.4 Å². The smallest absolute Gasteiger partial charge is 0.397 e. The van der Waals surface area contributed by atoms with E-state index >= 15 is 0 Å². The lowest BCUT2D eigenvalue weighted by Gasteiger charge is -2.33. The van der Waals surface area contributed by atoms with Gasteiger partial charge in [-0.3, -0.25) is 14.9 Å². The molecule has 3 aromatic heterocycles. The Hall–Kier alpha value is -2.48. The van der Waals surface area contributed by atoms with Gasteiger partial charge in [-0.15, -0.1) is 11.3 Å². The first-order valence-corrected chi connectivity index (χ1v) is 9.35. The van der Waals surface area contributed by atoms with Crippen LogP contribution in [0.25, 0.3) is 21.8 Å². The zero-order valence-corrected chi connectivity index (χ0v) is 15.6. The van der Waals surface area contributed by atoms with Gasteiger partial charge in [-0.1, -0.05) is 20.8 Å². The van der Waals surface area contributed by atoms with Crippen molar-refractivity contribution < 1.29 is 9.34 Å². The number of hydrogen-bond donors (Lipinski definition) is 1. The van der Waals surface area contributed by atoms with E-state index in [1.807, 2.05) is 0 Å². The minimum atomic E-state index is -0.614. The maximum absolute atomic E-state index is 12.7. The van der Waals surface area contributed by atoms with Gasteiger partial charge in [0.15, 0.2) is 11.6 Å². The topological polar surface area (TPSA) is 102 Å². The summed E-state index contributed by atoms with van der Waals surface area (Å²) in [7, 11) is 0. The van der Waals surface area contributed by atoms with Crippen LogP contribution >= 0.6 is 11.3 Å². The molecule has 1 aliphatic carbocycles. The highest BCUT2D eigenvalue weighted by molar-refractivity contribution is 7.18. The summed E-state index contributed by atoms with van der Waals surface area (Å²) in [5, 5.41) is 11.4. The number of nitro groups is 1. The molecule has 26 heavy (non-hydrogen) atoms. The molecule has 0 aliphatic heterocycles. The summed E-state index contributed by atoms with van der Waals surface area (Å²) in [6.45, 7) is 6.76. The molecule has 0 saturated carbocycles. The van der Waals surface area contributed by atoms with E-state index in [2.05, 4.69) is 30.7 Å². The molecular formula is C18H19N3O4S. The number of aryl methyl sites for hydroxylation is 1. The predicted octanol–water partition coefficient (Wildman–Crippen LogP) is 4.30. The van der Waals surface area contributed by atoms with Crippen LogP contribution in [0.4, 0.5) is 5.88 Å². The third-order valence-corrected chi connectivity index (χ3v) is 6.30. The summed E-state index contributed by atoms with van der Waals surface area (Å²) >= 11 is 1.55. The fourth-order valence-electron chi connectivity index (χ4n) is 3.59. The Morgan fingerprint density at radius 2 is 2.15 bits per heavy atom. The van der Waals surface area contributed by atoms with E-state index in [-0.39, 0.29) is 28.4 Å². The fraction of sp³-hybridized carbons (Fsp3) is 0.444. The minimum Gasteiger partial charge on any atom is -0.397 e. The second kappa shape index (κ2) is 5.77. The number of nitrogens with one attached hydrogen (secondary N) is 1. The van der Waals surface area contributed by atoms with Crippen LogP contribution in [0, 0.1) is 21.4 Å². The molecule has 0 saturated heterocycles. The van der Waals surface area contributed by atoms with Crippen LogP contribution < -0.4 is 5.56 Å². The molecule has 0 aromatic carbocycles. The zero-order valence-electron chi connectivity index (χ0n) is 14.8. The van der Waals surface area contributed by atoms with Gasteiger partial charge in [-0.2, -0.15) is 0 Å². The molecular weight excluding hydrogens is 354 g/mol. The molecule has 0 radical (unpaired) electrons. The van der Waals surface area contributed by atoms with Crippen LogP contribution in [0.3, 0.4) is 0 Å². The van der Waals surface area contributed by atoms with Crippen molar-refractivity contribution in [3.8, 4) is 11.6 Å². The van der Waals surface area contributed by atoms with Crippen LogP contribution in [0.15, 0.2) is 21.3 Å². The maximum Gasteiger partial charge on any atom is 0.433 e. The molecule has 1 atom stereocenters. The molecule has 3 aromatic rings. The number of H-pyrrole nitrogens is 1. The van der Waals surface area contributed by atoms with Crippen molar-refractivity contribution in [3.05, 3.63) is 43.0 Å². The number of furan rings is 1. The molecule has 1 N–H and O–H groups in total. The highest BCUT2D eigenvalue weighted by atomic mass is 32.1. The quantitative estimate of drug-likeness (QED) is 0.533. The van der Waals surface area contributed by atoms with Gasteiger partial charge in [0.25, 0.3) is 5.56 Å². The van der Waals surface area contributed by atoms with Crippen molar-refractivity contribution in [2.75, 3.05) is 0 Å². The molecule has 136 valence electrons. The molecule has 3 heterocycles. The van der Waals surface area contributed by atoms with Gasteiger partial charge in [-0.05, 0) is 42.2 Å². The highest BCUT2D eigenvalue weighted by Gasteiger charge is 2.31. The second-order valence-corrected chi connectivity index (χ2v) is 8.88. The van der Waals surface area contributed by atoms with Gasteiger partial charge in [0, 0.05) is 4.88 Å². The summed E-state index contributed by atoms with van der Waals surface area (Å²) in [5.41, 5.74) is 1.12. The third kappa shape index (κ3) is 2.74. The fourth-order valence-corrected chi connectivity index (χ4v) is 4.89. The lowest BCUT2D eigenvalue weighted by atomic mass is 9.72. The second-order valence-electron chi connectivity index (χ2n) is 7.80. The van der Waals surface area contributed by atoms with Crippen molar-refractivity contribution in [1.29, 1.82) is 0 Å². The van der Waals surface area contributed by atoms with Gasteiger partial charge in [0.2, 0.25) is 0 Å². The number of aromatic nitrogens is 2. The van der Waals surface area contributed by atoms with Crippen molar-refractivity contribution in [1.82, 2.24) is 9.97 Å². The number of aromatic amines is 1. The molecule has 0 amide bonds. The summed E-state index contributed by atoms with van der Waals surface area (Å²) in [5.74, 6) is 0.617. The Bertz CT molecular complexity index is 1070. The Morgan fingerprint density at radius 3 is 2.81 bits per heavy atom. The number of rotatable bonds is 2. The van der Waals surface area contributed by atoms with Crippen LogP contribution in [0.1, 0.15) is 37.6 Å². The van der Waals surface area contributed by atoms with Gasteiger partial charge in [0.05, 0.1) is 11.5 Å². The number of thiophene rings is 1. The minimum absolute atomic E-state index is 0.189. The molecule has 0 bridgehead atoms. The van der Waals surface area contributed by atoms with Crippen LogP contribution in [-0.4, -0.2) is 14.9 Å². The zero-order chi connectivity index (χ0) is 18.6. The highest BCUT2D eigenvalue weighted by Crippen LogP contribution is 2.42. The molecule has 4 rings (SSSR count). The first-order chi connectivity index (χ1) is 12.2. The average Bonchev–Trinajstić information content (AvgIpc) is 3.18. The molecule has 1 aliphatic rings. The molecule has 0 spiro atoms. The van der Waals surface area contributed by atoms with Gasteiger partial charge >= 0.3 is 5.88 Å². The molecule has 0 fully saturated rings. The first-order valence-electron chi connectivity index (χ1n) is 8.53.